The van der Waals surface area contributed by atoms with Crippen molar-refractivity contribution in [1.82, 2.24) is 19.9 Å². The molecule has 0 spiro atoms. The first-order chi connectivity index (χ1) is 9.93. The number of hydrogen-bond donors (Lipinski definition) is 1. The van der Waals surface area contributed by atoms with Crippen molar-refractivity contribution >= 4 is 11.5 Å². The van der Waals surface area contributed by atoms with E-state index in [9.17, 15) is 0 Å². The van der Waals surface area contributed by atoms with Crippen LogP contribution in [0.25, 0.3) is 0 Å². The van der Waals surface area contributed by atoms with Crippen molar-refractivity contribution in [1.29, 1.82) is 0 Å². The lowest BCUT2D eigenvalue weighted by Gasteiger charge is -2.23. The molecular formula is C16H24N4S. The minimum Gasteiger partial charge on any atom is -0.305 e. The molecule has 2 aromatic heterocycles. The van der Waals surface area contributed by atoms with Gasteiger partial charge in [-0.15, -0.1) is 5.10 Å². The Hall–Kier alpha value is -1.33. The van der Waals surface area contributed by atoms with E-state index in [-0.39, 0.29) is 11.5 Å². The minimum atomic E-state index is -0.00734. The number of aryl methyl sites for hydroxylation is 1. The Kier molecular flexibility index (Phi) is 5.06. The lowest BCUT2D eigenvalue weighted by Crippen LogP contribution is -2.26. The second kappa shape index (κ2) is 6.62. The molecule has 5 heteroatoms. The molecule has 1 atom stereocenters. The topological polar surface area (TPSA) is 50.7 Å². The largest absolute Gasteiger partial charge is 0.305 e. The Bertz CT molecular complexity index is 569. The Labute approximate surface area is 131 Å². The molecule has 0 radical (unpaired) electrons. The highest BCUT2D eigenvalue weighted by Crippen LogP contribution is 2.33. The molecule has 21 heavy (non-hydrogen) atoms. The van der Waals surface area contributed by atoms with Crippen LogP contribution in [-0.4, -0.2) is 21.1 Å². The lowest BCUT2D eigenvalue weighted by molar-refractivity contribution is 0.537. The second-order valence-electron chi connectivity index (χ2n) is 6.36. The van der Waals surface area contributed by atoms with Crippen LogP contribution in [0.15, 0.2) is 18.3 Å². The summed E-state index contributed by atoms with van der Waals surface area (Å²) >= 11 is 1.48. The molecule has 0 amide bonds. The first-order valence-corrected chi connectivity index (χ1v) is 8.19. The van der Waals surface area contributed by atoms with Gasteiger partial charge in [0.25, 0.3) is 0 Å². The van der Waals surface area contributed by atoms with Crippen molar-refractivity contribution < 1.29 is 0 Å². The second-order valence-corrected chi connectivity index (χ2v) is 7.14. The lowest BCUT2D eigenvalue weighted by atomic mass is 9.89. The van der Waals surface area contributed by atoms with Crippen LogP contribution in [0.4, 0.5) is 0 Å². The Balaban J connectivity index is 2.41. The van der Waals surface area contributed by atoms with Crippen LogP contribution >= 0.6 is 11.5 Å². The van der Waals surface area contributed by atoms with Crippen LogP contribution in [-0.2, 0) is 5.41 Å². The van der Waals surface area contributed by atoms with Gasteiger partial charge in [0, 0.05) is 17.3 Å². The highest BCUT2D eigenvalue weighted by atomic mass is 32.1. The molecule has 0 bridgehead atoms. The number of nitrogens with zero attached hydrogens (tertiary/aromatic N) is 3. The van der Waals surface area contributed by atoms with Gasteiger partial charge in [0.2, 0.25) is 0 Å². The maximum Gasteiger partial charge on any atom is 0.0860 e. The fourth-order valence-electron chi connectivity index (χ4n) is 2.21. The third-order valence-corrected chi connectivity index (χ3v) is 4.14. The van der Waals surface area contributed by atoms with Crippen molar-refractivity contribution in [3.63, 3.8) is 0 Å². The number of aromatic nitrogens is 3. The summed E-state index contributed by atoms with van der Waals surface area (Å²) in [6.07, 6.45) is 3.04. The van der Waals surface area contributed by atoms with Crippen LogP contribution in [0.5, 0.6) is 0 Å². The summed E-state index contributed by atoms with van der Waals surface area (Å²) in [5.74, 6) is 0. The summed E-state index contributed by atoms with van der Waals surface area (Å²) in [4.78, 5) is 5.63. The molecular weight excluding hydrogens is 280 g/mol. The first kappa shape index (κ1) is 16.0. The van der Waals surface area contributed by atoms with Crippen LogP contribution in [0.1, 0.15) is 62.0 Å². The number of rotatable bonds is 5. The molecule has 4 nitrogen and oxygen atoms in total. The smallest absolute Gasteiger partial charge is 0.0860 e. The van der Waals surface area contributed by atoms with Gasteiger partial charge in [0.05, 0.1) is 16.6 Å². The molecule has 0 aromatic carbocycles. The molecule has 0 fully saturated rings. The van der Waals surface area contributed by atoms with E-state index in [1.165, 1.54) is 22.0 Å². The number of nitrogens with one attached hydrogen (secondary N) is 1. The predicted octanol–water partition coefficient (Wildman–Crippen LogP) is 3.63. The molecule has 114 valence electrons. The van der Waals surface area contributed by atoms with Gasteiger partial charge < -0.3 is 5.32 Å². The summed E-state index contributed by atoms with van der Waals surface area (Å²) in [6, 6.07) is 4.32. The third-order valence-electron chi connectivity index (χ3n) is 3.35. The molecule has 0 aliphatic carbocycles. The molecule has 1 N–H and O–H groups in total. The van der Waals surface area contributed by atoms with Crippen LogP contribution in [0.2, 0.25) is 0 Å². The van der Waals surface area contributed by atoms with Crippen molar-refractivity contribution in [2.24, 2.45) is 0 Å². The number of pyridine rings is 1. The van der Waals surface area contributed by atoms with E-state index in [2.05, 4.69) is 59.7 Å². The quantitative estimate of drug-likeness (QED) is 0.916. The van der Waals surface area contributed by atoms with Gasteiger partial charge in [-0.05, 0) is 43.1 Å². The first-order valence-electron chi connectivity index (χ1n) is 7.42. The zero-order valence-corrected chi connectivity index (χ0v) is 14.3. The zero-order valence-electron chi connectivity index (χ0n) is 13.5. The van der Waals surface area contributed by atoms with Crippen LogP contribution in [0, 0.1) is 6.92 Å². The fraction of sp³-hybridized carbons (Fsp3) is 0.562. The minimum absolute atomic E-state index is 0.00734. The number of hydrogen-bond acceptors (Lipinski definition) is 5. The monoisotopic (exact) mass is 304 g/mol. The van der Waals surface area contributed by atoms with Gasteiger partial charge in [-0.1, -0.05) is 38.2 Å². The van der Waals surface area contributed by atoms with Gasteiger partial charge in [-0.2, -0.15) is 0 Å². The average molecular weight is 304 g/mol. The molecule has 2 rings (SSSR count). The van der Waals surface area contributed by atoms with Gasteiger partial charge in [0.1, 0.15) is 0 Å². The maximum atomic E-state index is 4.43. The van der Waals surface area contributed by atoms with Crippen molar-refractivity contribution in [3.05, 3.63) is 40.2 Å². The van der Waals surface area contributed by atoms with E-state index in [4.69, 9.17) is 0 Å². The highest BCUT2D eigenvalue weighted by Gasteiger charge is 2.28. The van der Waals surface area contributed by atoms with Gasteiger partial charge >= 0.3 is 0 Å². The van der Waals surface area contributed by atoms with E-state index in [0.717, 1.165) is 24.4 Å². The molecule has 0 saturated heterocycles. The van der Waals surface area contributed by atoms with E-state index in [1.54, 1.807) is 0 Å². The summed E-state index contributed by atoms with van der Waals surface area (Å²) in [5, 5.41) is 7.98. The van der Waals surface area contributed by atoms with Crippen molar-refractivity contribution in [2.45, 2.75) is 52.5 Å². The van der Waals surface area contributed by atoms with Crippen molar-refractivity contribution in [2.75, 3.05) is 6.54 Å². The van der Waals surface area contributed by atoms with Crippen LogP contribution in [0.3, 0.4) is 0 Å². The summed E-state index contributed by atoms with van der Waals surface area (Å²) < 4.78 is 4.19. The van der Waals surface area contributed by atoms with Gasteiger partial charge in [-0.25, -0.2) is 0 Å². The molecule has 1 unspecified atom stereocenters. The highest BCUT2D eigenvalue weighted by molar-refractivity contribution is 7.05. The van der Waals surface area contributed by atoms with E-state index in [0.29, 0.717) is 0 Å². The van der Waals surface area contributed by atoms with E-state index in [1.807, 2.05) is 13.1 Å². The normalized spacial score (nSPS) is 13.4. The zero-order chi connectivity index (χ0) is 15.5. The summed E-state index contributed by atoms with van der Waals surface area (Å²) in [5.41, 5.74) is 3.27. The van der Waals surface area contributed by atoms with Gasteiger partial charge in [0.15, 0.2) is 0 Å². The summed E-state index contributed by atoms with van der Waals surface area (Å²) in [6.45, 7) is 11.7. The molecule has 2 aromatic rings. The average Bonchev–Trinajstić information content (AvgIpc) is 2.90. The molecule has 2 heterocycles. The summed E-state index contributed by atoms with van der Waals surface area (Å²) in [7, 11) is 0. The fourth-order valence-corrected chi connectivity index (χ4v) is 3.18. The van der Waals surface area contributed by atoms with E-state index < -0.39 is 0 Å². The predicted molar refractivity (Wildman–Crippen MR) is 87.7 cm³/mol. The van der Waals surface area contributed by atoms with Crippen LogP contribution < -0.4 is 5.32 Å². The molecule has 0 aliphatic heterocycles. The Morgan fingerprint density at radius 2 is 2.05 bits per heavy atom. The van der Waals surface area contributed by atoms with E-state index >= 15 is 0 Å². The van der Waals surface area contributed by atoms with Gasteiger partial charge in [-0.3, -0.25) is 4.98 Å². The SMILES string of the molecule is CCCNC(c1ccc(C)nc1)c1snnc1C(C)(C)C. The molecule has 0 saturated carbocycles. The Morgan fingerprint density at radius 1 is 1.29 bits per heavy atom. The Morgan fingerprint density at radius 3 is 2.62 bits per heavy atom. The van der Waals surface area contributed by atoms with Crippen molar-refractivity contribution in [3.8, 4) is 0 Å². The standard InChI is InChI=1S/C16H24N4S/c1-6-9-17-13(12-8-7-11(2)18-10-12)14-15(16(3,4)5)19-20-21-14/h7-8,10,13,17H,6,9H2,1-5H3. The maximum absolute atomic E-state index is 4.43. The molecule has 0 aliphatic rings. The third kappa shape index (κ3) is 3.86.